The Labute approximate surface area is 126 Å². The molecule has 1 aromatic rings. The molecule has 0 aromatic heterocycles. The molecule has 0 saturated heterocycles. The number of thioether (sulfide) groups is 1. The number of alkyl halides is 3. The van der Waals surface area contributed by atoms with E-state index in [9.17, 15) is 18.0 Å². The number of hydrogen-bond donors (Lipinski definition) is 1. The Morgan fingerprint density at radius 3 is 2.76 bits per heavy atom. The number of carbonyl (C=O) groups is 1. The fraction of sp³-hybridized carbons (Fsp3) is 0.500. The molecule has 0 amide bonds. The van der Waals surface area contributed by atoms with Gasteiger partial charge in [-0.2, -0.15) is 13.2 Å². The topological polar surface area (TPSA) is 38.3 Å². The van der Waals surface area contributed by atoms with Crippen LogP contribution >= 0.6 is 11.8 Å². The smallest absolute Gasteiger partial charge is 0.416 e. The van der Waals surface area contributed by atoms with Crippen molar-refractivity contribution in [3.8, 4) is 0 Å². The second kappa shape index (κ2) is 8.94. The molecule has 118 valence electrons. The predicted molar refractivity (Wildman–Crippen MR) is 76.3 cm³/mol. The Bertz CT molecular complexity index is 452. The first-order valence-electron chi connectivity index (χ1n) is 6.60. The van der Waals surface area contributed by atoms with E-state index < -0.39 is 11.7 Å². The maximum absolute atomic E-state index is 12.5. The summed E-state index contributed by atoms with van der Waals surface area (Å²) in [6.07, 6.45) is -4.02. The standard InChI is InChI=1S/C14H18F3NO2S/c1-2-20-13(19)6-7-18-8-9-21-12-5-3-4-11(10-12)14(15,16)17/h3-5,10,18H,2,6-9H2,1H3. The van der Waals surface area contributed by atoms with Gasteiger partial charge in [0.2, 0.25) is 0 Å². The van der Waals surface area contributed by atoms with E-state index in [1.807, 2.05) is 0 Å². The molecule has 0 aliphatic heterocycles. The summed E-state index contributed by atoms with van der Waals surface area (Å²) >= 11 is 1.34. The molecule has 0 aliphatic rings. The molecular formula is C14H18F3NO2S. The number of carbonyl (C=O) groups excluding carboxylic acids is 1. The quantitative estimate of drug-likeness (QED) is 0.453. The number of esters is 1. The molecule has 7 heteroatoms. The van der Waals surface area contributed by atoms with Crippen LogP contribution in [0.3, 0.4) is 0 Å². The Morgan fingerprint density at radius 2 is 2.10 bits per heavy atom. The lowest BCUT2D eigenvalue weighted by Gasteiger charge is -2.08. The van der Waals surface area contributed by atoms with E-state index in [2.05, 4.69) is 5.32 Å². The van der Waals surface area contributed by atoms with Crippen molar-refractivity contribution in [2.45, 2.75) is 24.4 Å². The molecule has 0 unspecified atom stereocenters. The SMILES string of the molecule is CCOC(=O)CCNCCSc1cccc(C(F)(F)F)c1. The van der Waals surface area contributed by atoms with Gasteiger partial charge in [0, 0.05) is 23.7 Å². The van der Waals surface area contributed by atoms with Crippen molar-refractivity contribution in [1.82, 2.24) is 5.32 Å². The predicted octanol–water partition coefficient (Wildman–Crippen LogP) is 3.34. The van der Waals surface area contributed by atoms with Gasteiger partial charge in [0.1, 0.15) is 0 Å². The highest BCUT2D eigenvalue weighted by Gasteiger charge is 2.30. The monoisotopic (exact) mass is 321 g/mol. The fourth-order valence-corrected chi connectivity index (χ4v) is 2.42. The number of hydrogen-bond acceptors (Lipinski definition) is 4. The normalized spacial score (nSPS) is 11.4. The highest BCUT2D eigenvalue weighted by Crippen LogP contribution is 2.31. The van der Waals surface area contributed by atoms with E-state index in [0.717, 1.165) is 12.1 Å². The van der Waals surface area contributed by atoms with Gasteiger partial charge in [0.05, 0.1) is 18.6 Å². The Morgan fingerprint density at radius 1 is 1.33 bits per heavy atom. The molecule has 1 aromatic carbocycles. The second-order valence-electron chi connectivity index (χ2n) is 4.18. The zero-order chi connectivity index (χ0) is 15.7. The number of ether oxygens (including phenoxy) is 1. The van der Waals surface area contributed by atoms with Gasteiger partial charge in [0.15, 0.2) is 0 Å². The molecule has 1 rings (SSSR count). The van der Waals surface area contributed by atoms with Crippen LogP contribution in [0, 0.1) is 0 Å². The lowest BCUT2D eigenvalue weighted by atomic mass is 10.2. The third kappa shape index (κ3) is 7.38. The van der Waals surface area contributed by atoms with Gasteiger partial charge in [-0.15, -0.1) is 11.8 Å². The maximum Gasteiger partial charge on any atom is 0.416 e. The van der Waals surface area contributed by atoms with Crippen molar-refractivity contribution in [3.05, 3.63) is 29.8 Å². The molecule has 0 aliphatic carbocycles. The van der Waals surface area contributed by atoms with Gasteiger partial charge in [-0.05, 0) is 25.1 Å². The highest BCUT2D eigenvalue weighted by molar-refractivity contribution is 7.99. The van der Waals surface area contributed by atoms with Crippen LogP contribution in [0.5, 0.6) is 0 Å². The summed E-state index contributed by atoms with van der Waals surface area (Å²) in [4.78, 5) is 11.6. The fourth-order valence-electron chi connectivity index (χ4n) is 1.55. The highest BCUT2D eigenvalue weighted by atomic mass is 32.2. The second-order valence-corrected chi connectivity index (χ2v) is 5.35. The molecule has 0 saturated carbocycles. The molecule has 0 fully saturated rings. The lowest BCUT2D eigenvalue weighted by molar-refractivity contribution is -0.143. The van der Waals surface area contributed by atoms with E-state index in [-0.39, 0.29) is 5.97 Å². The number of nitrogens with one attached hydrogen (secondary N) is 1. The minimum absolute atomic E-state index is 0.254. The van der Waals surface area contributed by atoms with Crippen molar-refractivity contribution in [2.75, 3.05) is 25.4 Å². The summed E-state index contributed by atoms with van der Waals surface area (Å²) in [5.41, 5.74) is -0.636. The number of halogens is 3. The van der Waals surface area contributed by atoms with Crippen LogP contribution in [0.1, 0.15) is 18.9 Å². The van der Waals surface area contributed by atoms with Crippen LogP contribution in [-0.2, 0) is 15.7 Å². The number of rotatable bonds is 8. The van der Waals surface area contributed by atoms with E-state index in [1.54, 1.807) is 13.0 Å². The molecular weight excluding hydrogens is 303 g/mol. The molecule has 1 N–H and O–H groups in total. The molecule has 21 heavy (non-hydrogen) atoms. The summed E-state index contributed by atoms with van der Waals surface area (Å²) in [6.45, 7) is 3.23. The van der Waals surface area contributed by atoms with Crippen LogP contribution in [0.2, 0.25) is 0 Å². The van der Waals surface area contributed by atoms with Crippen LogP contribution in [-0.4, -0.2) is 31.4 Å². The summed E-state index contributed by atoms with van der Waals surface area (Å²) < 4.78 is 42.4. The van der Waals surface area contributed by atoms with Crippen molar-refractivity contribution < 1.29 is 22.7 Å². The first-order valence-corrected chi connectivity index (χ1v) is 7.58. The molecule has 0 spiro atoms. The zero-order valence-electron chi connectivity index (χ0n) is 11.7. The van der Waals surface area contributed by atoms with Crippen LogP contribution in [0.15, 0.2) is 29.2 Å². The Hall–Kier alpha value is -1.21. The Kier molecular flexibility index (Phi) is 7.60. The first-order chi connectivity index (χ1) is 9.93. The van der Waals surface area contributed by atoms with Gasteiger partial charge in [-0.25, -0.2) is 0 Å². The minimum atomic E-state index is -4.31. The largest absolute Gasteiger partial charge is 0.466 e. The van der Waals surface area contributed by atoms with Crippen molar-refractivity contribution in [1.29, 1.82) is 0 Å². The lowest BCUT2D eigenvalue weighted by Crippen LogP contribution is -2.21. The van der Waals surface area contributed by atoms with Gasteiger partial charge >= 0.3 is 12.1 Å². The van der Waals surface area contributed by atoms with Crippen LogP contribution in [0.25, 0.3) is 0 Å². The number of benzene rings is 1. The van der Waals surface area contributed by atoms with Crippen molar-refractivity contribution in [3.63, 3.8) is 0 Å². The van der Waals surface area contributed by atoms with Crippen LogP contribution < -0.4 is 5.32 Å². The zero-order valence-corrected chi connectivity index (χ0v) is 12.5. The summed E-state index contributed by atoms with van der Waals surface area (Å²) in [5.74, 6) is 0.375. The Balaban J connectivity index is 2.23. The third-order valence-corrected chi connectivity index (χ3v) is 3.52. The van der Waals surface area contributed by atoms with Crippen molar-refractivity contribution in [2.24, 2.45) is 0 Å². The molecule has 0 radical (unpaired) electrons. The van der Waals surface area contributed by atoms with Gasteiger partial charge in [0.25, 0.3) is 0 Å². The molecule has 0 bridgehead atoms. The molecule has 0 heterocycles. The van der Waals surface area contributed by atoms with Gasteiger partial charge in [-0.1, -0.05) is 6.07 Å². The summed E-state index contributed by atoms with van der Waals surface area (Å²) in [6, 6.07) is 5.25. The van der Waals surface area contributed by atoms with E-state index in [1.165, 1.54) is 17.8 Å². The van der Waals surface area contributed by atoms with Gasteiger partial charge < -0.3 is 10.1 Å². The summed E-state index contributed by atoms with van der Waals surface area (Å²) in [7, 11) is 0. The maximum atomic E-state index is 12.5. The van der Waals surface area contributed by atoms with E-state index in [0.29, 0.717) is 36.8 Å². The average Bonchev–Trinajstić information content (AvgIpc) is 2.42. The van der Waals surface area contributed by atoms with E-state index in [4.69, 9.17) is 4.74 Å². The third-order valence-electron chi connectivity index (χ3n) is 2.52. The minimum Gasteiger partial charge on any atom is -0.466 e. The average molecular weight is 321 g/mol. The van der Waals surface area contributed by atoms with Crippen LogP contribution in [0.4, 0.5) is 13.2 Å². The first kappa shape index (κ1) is 17.8. The van der Waals surface area contributed by atoms with Crippen molar-refractivity contribution >= 4 is 17.7 Å². The van der Waals surface area contributed by atoms with Gasteiger partial charge in [-0.3, -0.25) is 4.79 Å². The molecule has 3 nitrogen and oxygen atoms in total. The summed E-state index contributed by atoms with van der Waals surface area (Å²) in [5, 5.41) is 3.05. The van der Waals surface area contributed by atoms with E-state index >= 15 is 0 Å². The molecule has 0 atom stereocenters.